The molecule has 0 bridgehead atoms. The quantitative estimate of drug-likeness (QED) is 0.820. The SMILES string of the molecule is NC1(c2cc(F)cc(F)c2)CCc2ccccc21. The van der Waals surface area contributed by atoms with Crippen LogP contribution in [0.2, 0.25) is 0 Å². The molecule has 92 valence electrons. The van der Waals surface area contributed by atoms with Crippen molar-refractivity contribution in [3.8, 4) is 0 Å². The molecule has 0 heterocycles. The Morgan fingerprint density at radius 1 is 1.00 bits per heavy atom. The minimum atomic E-state index is -0.778. The minimum Gasteiger partial charge on any atom is -0.318 e. The van der Waals surface area contributed by atoms with Gasteiger partial charge in [0.25, 0.3) is 0 Å². The molecule has 2 aromatic carbocycles. The molecule has 0 spiro atoms. The molecule has 0 fully saturated rings. The second kappa shape index (κ2) is 3.89. The summed E-state index contributed by atoms with van der Waals surface area (Å²) in [5.74, 6) is -1.17. The highest BCUT2D eigenvalue weighted by Crippen LogP contribution is 2.40. The van der Waals surface area contributed by atoms with Crippen LogP contribution in [0.25, 0.3) is 0 Å². The van der Waals surface area contributed by atoms with Crippen LogP contribution in [0.3, 0.4) is 0 Å². The minimum absolute atomic E-state index is 0.505. The van der Waals surface area contributed by atoms with E-state index in [1.54, 1.807) is 0 Å². The van der Waals surface area contributed by atoms with Crippen molar-refractivity contribution in [2.45, 2.75) is 18.4 Å². The highest BCUT2D eigenvalue weighted by molar-refractivity contribution is 5.46. The molecule has 0 radical (unpaired) electrons. The zero-order valence-corrected chi connectivity index (χ0v) is 9.79. The average Bonchev–Trinajstić information content (AvgIpc) is 2.68. The third-order valence-corrected chi connectivity index (χ3v) is 3.66. The van der Waals surface area contributed by atoms with Gasteiger partial charge in [-0.3, -0.25) is 0 Å². The Hall–Kier alpha value is -1.74. The van der Waals surface area contributed by atoms with Gasteiger partial charge in [-0.1, -0.05) is 24.3 Å². The largest absolute Gasteiger partial charge is 0.318 e. The van der Waals surface area contributed by atoms with Crippen molar-refractivity contribution in [3.63, 3.8) is 0 Å². The van der Waals surface area contributed by atoms with E-state index in [0.29, 0.717) is 12.0 Å². The molecule has 0 saturated carbocycles. The van der Waals surface area contributed by atoms with Gasteiger partial charge in [0.2, 0.25) is 0 Å². The lowest BCUT2D eigenvalue weighted by Crippen LogP contribution is -2.35. The van der Waals surface area contributed by atoms with Crippen molar-refractivity contribution in [3.05, 3.63) is 70.8 Å². The molecule has 18 heavy (non-hydrogen) atoms. The van der Waals surface area contributed by atoms with Gasteiger partial charge in [0, 0.05) is 6.07 Å². The van der Waals surface area contributed by atoms with Gasteiger partial charge < -0.3 is 5.73 Å². The Balaban J connectivity index is 2.17. The number of halogens is 2. The van der Waals surface area contributed by atoms with E-state index >= 15 is 0 Å². The van der Waals surface area contributed by atoms with Crippen LogP contribution in [0.4, 0.5) is 8.78 Å². The van der Waals surface area contributed by atoms with E-state index in [-0.39, 0.29) is 0 Å². The lowest BCUT2D eigenvalue weighted by Gasteiger charge is -2.26. The normalized spacial score (nSPS) is 21.9. The molecule has 0 aliphatic heterocycles. The van der Waals surface area contributed by atoms with Gasteiger partial charge in [-0.15, -0.1) is 0 Å². The zero-order chi connectivity index (χ0) is 12.8. The first-order valence-corrected chi connectivity index (χ1v) is 5.93. The van der Waals surface area contributed by atoms with Crippen molar-refractivity contribution in [2.75, 3.05) is 0 Å². The average molecular weight is 245 g/mol. The highest BCUT2D eigenvalue weighted by atomic mass is 19.1. The number of hydrogen-bond donors (Lipinski definition) is 1. The summed E-state index contributed by atoms with van der Waals surface area (Å²) in [6.45, 7) is 0. The number of aryl methyl sites for hydroxylation is 1. The molecule has 3 rings (SSSR count). The van der Waals surface area contributed by atoms with Crippen molar-refractivity contribution in [1.29, 1.82) is 0 Å². The number of rotatable bonds is 1. The molecule has 1 nitrogen and oxygen atoms in total. The van der Waals surface area contributed by atoms with Gasteiger partial charge in [-0.25, -0.2) is 8.78 Å². The molecule has 0 amide bonds. The van der Waals surface area contributed by atoms with Gasteiger partial charge in [0.15, 0.2) is 0 Å². The summed E-state index contributed by atoms with van der Waals surface area (Å²) in [5, 5.41) is 0. The van der Waals surface area contributed by atoms with E-state index < -0.39 is 17.2 Å². The Morgan fingerprint density at radius 2 is 1.67 bits per heavy atom. The topological polar surface area (TPSA) is 26.0 Å². The Labute approximate surface area is 104 Å². The Kier molecular flexibility index (Phi) is 2.45. The fourth-order valence-corrected chi connectivity index (χ4v) is 2.75. The maximum absolute atomic E-state index is 13.3. The van der Waals surface area contributed by atoms with Crippen LogP contribution in [0.5, 0.6) is 0 Å². The molecule has 0 aromatic heterocycles. The smallest absolute Gasteiger partial charge is 0.126 e. The zero-order valence-electron chi connectivity index (χ0n) is 9.79. The van der Waals surface area contributed by atoms with Crippen LogP contribution in [0.15, 0.2) is 42.5 Å². The van der Waals surface area contributed by atoms with E-state index in [1.807, 2.05) is 24.3 Å². The molecule has 2 aromatic rings. The Morgan fingerprint density at radius 3 is 2.39 bits per heavy atom. The molecule has 1 atom stereocenters. The maximum atomic E-state index is 13.3. The monoisotopic (exact) mass is 245 g/mol. The van der Waals surface area contributed by atoms with Gasteiger partial charge in [-0.2, -0.15) is 0 Å². The predicted octanol–water partition coefficient (Wildman–Crippen LogP) is 3.11. The van der Waals surface area contributed by atoms with Gasteiger partial charge in [0.1, 0.15) is 11.6 Å². The molecule has 1 unspecified atom stereocenters. The molecule has 1 aliphatic carbocycles. The summed E-state index contributed by atoms with van der Waals surface area (Å²) in [5.41, 5.74) is 8.25. The standard InChI is InChI=1S/C15H13F2N/c16-12-7-11(8-13(17)9-12)15(18)6-5-10-3-1-2-4-14(10)15/h1-4,7-9H,5-6,18H2. The van der Waals surface area contributed by atoms with Crippen LogP contribution < -0.4 is 5.73 Å². The van der Waals surface area contributed by atoms with Gasteiger partial charge in [0.05, 0.1) is 5.54 Å². The fourth-order valence-electron chi connectivity index (χ4n) is 2.75. The number of nitrogens with two attached hydrogens (primary N) is 1. The molecular formula is C15H13F2N. The second-order valence-electron chi connectivity index (χ2n) is 4.79. The lowest BCUT2D eigenvalue weighted by molar-refractivity contribution is 0.514. The summed E-state index contributed by atoms with van der Waals surface area (Å²) in [6.07, 6.45) is 1.51. The third-order valence-electron chi connectivity index (χ3n) is 3.66. The summed E-state index contributed by atoms with van der Waals surface area (Å²) >= 11 is 0. The van der Waals surface area contributed by atoms with Crippen LogP contribution in [0, 0.1) is 11.6 Å². The van der Waals surface area contributed by atoms with Crippen molar-refractivity contribution in [2.24, 2.45) is 5.73 Å². The predicted molar refractivity (Wildman–Crippen MR) is 66.1 cm³/mol. The van der Waals surface area contributed by atoms with Crippen LogP contribution in [-0.2, 0) is 12.0 Å². The first kappa shape index (κ1) is 11.4. The molecule has 3 heteroatoms. The van der Waals surface area contributed by atoms with Crippen molar-refractivity contribution >= 4 is 0 Å². The van der Waals surface area contributed by atoms with E-state index in [4.69, 9.17) is 5.73 Å². The van der Waals surface area contributed by atoms with Gasteiger partial charge >= 0.3 is 0 Å². The lowest BCUT2D eigenvalue weighted by atomic mass is 9.85. The van der Waals surface area contributed by atoms with E-state index in [0.717, 1.165) is 23.6 Å². The van der Waals surface area contributed by atoms with Crippen molar-refractivity contribution < 1.29 is 8.78 Å². The van der Waals surface area contributed by atoms with Crippen LogP contribution in [-0.4, -0.2) is 0 Å². The second-order valence-corrected chi connectivity index (χ2v) is 4.79. The fraction of sp³-hybridized carbons (Fsp3) is 0.200. The molecule has 0 saturated heterocycles. The number of fused-ring (bicyclic) bond motifs is 1. The first-order chi connectivity index (χ1) is 8.59. The molecular weight excluding hydrogens is 232 g/mol. The summed E-state index contributed by atoms with van der Waals surface area (Å²) in [4.78, 5) is 0. The summed E-state index contributed by atoms with van der Waals surface area (Å²) < 4.78 is 26.7. The molecule has 2 N–H and O–H groups in total. The third kappa shape index (κ3) is 1.63. The van der Waals surface area contributed by atoms with Crippen LogP contribution >= 0.6 is 0 Å². The maximum Gasteiger partial charge on any atom is 0.126 e. The van der Waals surface area contributed by atoms with E-state index in [1.165, 1.54) is 12.1 Å². The number of hydrogen-bond acceptors (Lipinski definition) is 1. The summed E-state index contributed by atoms with van der Waals surface area (Å²) in [7, 11) is 0. The Bertz CT molecular complexity index is 589. The molecule has 1 aliphatic rings. The highest BCUT2D eigenvalue weighted by Gasteiger charge is 2.36. The first-order valence-electron chi connectivity index (χ1n) is 5.93. The van der Waals surface area contributed by atoms with E-state index in [9.17, 15) is 8.78 Å². The summed E-state index contributed by atoms with van der Waals surface area (Å²) in [6, 6.07) is 11.3. The van der Waals surface area contributed by atoms with Crippen LogP contribution in [0.1, 0.15) is 23.1 Å². The van der Waals surface area contributed by atoms with Crippen molar-refractivity contribution in [1.82, 2.24) is 0 Å². The van der Waals surface area contributed by atoms with Gasteiger partial charge in [-0.05, 0) is 41.7 Å². The van der Waals surface area contributed by atoms with E-state index in [2.05, 4.69) is 0 Å². The number of benzene rings is 2.